The number of hydrogen-bond acceptors (Lipinski definition) is 0. The van der Waals surface area contributed by atoms with Crippen LogP contribution in [0.4, 0.5) is 0 Å². The molecule has 0 aliphatic rings. The third-order valence-electron chi connectivity index (χ3n) is 10.4. The van der Waals surface area contributed by atoms with Crippen molar-refractivity contribution in [2.45, 2.75) is 168 Å². The molecule has 0 saturated heterocycles. The smallest absolute Gasteiger partial charge is 0.169 e. The molecule has 0 aliphatic carbocycles. The Kier molecular flexibility index (Phi) is 19.5. The van der Waals surface area contributed by atoms with Crippen LogP contribution in [0.3, 0.4) is 0 Å². The van der Waals surface area contributed by atoms with Gasteiger partial charge in [0, 0.05) is 74.2 Å². The summed E-state index contributed by atoms with van der Waals surface area (Å²) < 4.78 is 9.37. The lowest BCUT2D eigenvalue weighted by molar-refractivity contribution is -0.697. The van der Waals surface area contributed by atoms with Crippen LogP contribution in [0.2, 0.25) is 0 Å². The summed E-state index contributed by atoms with van der Waals surface area (Å²) in [6, 6.07) is 18.2. The fourth-order valence-electron chi connectivity index (χ4n) is 6.99. The van der Waals surface area contributed by atoms with E-state index in [0.29, 0.717) is 0 Å². The number of hydrogen-bond donors (Lipinski definition) is 0. The maximum atomic E-state index is 2.35. The maximum absolute atomic E-state index is 2.35. The second-order valence-corrected chi connectivity index (χ2v) is 14.7. The van der Waals surface area contributed by atoms with Gasteiger partial charge in [0.25, 0.3) is 0 Å². The predicted octanol–water partition coefficient (Wildman–Crippen LogP) is 10.7. The molecule has 4 heterocycles. The van der Waals surface area contributed by atoms with E-state index in [9.17, 15) is 0 Å². The summed E-state index contributed by atoms with van der Waals surface area (Å²) in [6.07, 6.45) is 44.8. The minimum absolute atomic E-state index is 1.12. The van der Waals surface area contributed by atoms with Crippen molar-refractivity contribution in [2.75, 3.05) is 0 Å². The van der Waals surface area contributed by atoms with Crippen molar-refractivity contribution in [3.05, 3.63) is 98.1 Å². The molecule has 0 fully saturated rings. The monoisotopic (exact) mass is 679 g/mol. The van der Waals surface area contributed by atoms with Crippen LogP contribution < -0.4 is 18.3 Å². The predicted molar refractivity (Wildman–Crippen MR) is 208 cm³/mol. The Hall–Kier alpha value is -3.40. The van der Waals surface area contributed by atoms with Gasteiger partial charge in [-0.05, 0) is 47.9 Å². The van der Waals surface area contributed by atoms with Crippen LogP contribution in [0.1, 0.15) is 142 Å². The second kappa shape index (κ2) is 24.7. The summed E-state index contributed by atoms with van der Waals surface area (Å²) in [7, 11) is 0. The van der Waals surface area contributed by atoms with Crippen LogP contribution >= 0.6 is 0 Å². The lowest BCUT2D eigenvalue weighted by atomic mass is 10.1. The Morgan fingerprint density at radius 2 is 0.440 bits per heavy atom. The van der Waals surface area contributed by atoms with Crippen LogP contribution in [0.15, 0.2) is 98.1 Å². The van der Waals surface area contributed by atoms with Gasteiger partial charge in [-0.15, -0.1) is 0 Å². The van der Waals surface area contributed by atoms with Crippen molar-refractivity contribution >= 4 is 0 Å². The largest absolute Gasteiger partial charge is 0.205 e. The summed E-state index contributed by atoms with van der Waals surface area (Å²) in [5.41, 5.74) is 5.23. The van der Waals surface area contributed by atoms with E-state index in [1.165, 1.54) is 151 Å². The Morgan fingerprint density at radius 1 is 0.260 bits per heavy atom. The molecule has 50 heavy (non-hydrogen) atoms. The van der Waals surface area contributed by atoms with E-state index in [4.69, 9.17) is 0 Å². The third kappa shape index (κ3) is 15.7. The van der Waals surface area contributed by atoms with Crippen LogP contribution in [0, 0.1) is 0 Å². The SMILES string of the molecule is CCCCCCCC[n+]1ccc(-c2cc[n+](CCCCCCCCCC[n+]3ccc(-c4cc[n+](CCCCCCCC)cc4)cc3)cc2)cc1. The number of pyridine rings is 4. The first kappa shape index (κ1) is 39.4. The van der Waals surface area contributed by atoms with Gasteiger partial charge in [-0.25, -0.2) is 18.3 Å². The highest BCUT2D eigenvalue weighted by Crippen LogP contribution is 2.17. The molecule has 0 N–H and O–H groups in total. The zero-order chi connectivity index (χ0) is 34.9. The Bertz CT molecular complexity index is 1280. The van der Waals surface area contributed by atoms with E-state index in [2.05, 4.69) is 130 Å². The lowest BCUT2D eigenvalue weighted by Gasteiger charge is -2.03. The quantitative estimate of drug-likeness (QED) is 0.0441. The first-order valence-electron chi connectivity index (χ1n) is 20.7. The average Bonchev–Trinajstić information content (AvgIpc) is 3.16. The molecule has 0 radical (unpaired) electrons. The van der Waals surface area contributed by atoms with Gasteiger partial charge < -0.3 is 0 Å². The Balaban J connectivity index is 0.996. The highest BCUT2D eigenvalue weighted by Gasteiger charge is 2.08. The molecule has 4 nitrogen and oxygen atoms in total. The average molecular weight is 679 g/mol. The highest BCUT2D eigenvalue weighted by atomic mass is 14.9. The Labute approximate surface area is 306 Å². The zero-order valence-corrected chi connectivity index (χ0v) is 32.0. The summed E-state index contributed by atoms with van der Waals surface area (Å²) in [6.45, 7) is 9.06. The van der Waals surface area contributed by atoms with Gasteiger partial charge in [-0.1, -0.05) is 90.9 Å². The molecular formula is C46H70N4+4. The van der Waals surface area contributed by atoms with Crippen LogP contribution in [-0.2, 0) is 26.2 Å². The van der Waals surface area contributed by atoms with E-state index in [0.717, 1.165) is 26.2 Å². The standard InChI is InChI=1S/C46H70N4/c1-3-5-7-9-15-19-31-47-35-23-43(24-36-47)45-27-39-49(40-28-45)33-21-17-13-11-12-14-18-22-34-50-41-29-46(30-42-50)44-25-37-48(38-26-44)32-20-16-10-8-6-4-2/h23-30,35-42H,3-22,31-34H2,1-2H3/q+4. The maximum Gasteiger partial charge on any atom is 0.169 e. The van der Waals surface area contributed by atoms with Crippen molar-refractivity contribution in [2.24, 2.45) is 0 Å². The molecule has 0 aliphatic heterocycles. The van der Waals surface area contributed by atoms with E-state index in [1.54, 1.807) is 0 Å². The van der Waals surface area contributed by atoms with E-state index in [-0.39, 0.29) is 0 Å². The molecule has 0 unspecified atom stereocenters. The van der Waals surface area contributed by atoms with Gasteiger partial charge in [0.2, 0.25) is 0 Å². The van der Waals surface area contributed by atoms with Crippen molar-refractivity contribution in [3.8, 4) is 22.3 Å². The summed E-state index contributed by atoms with van der Waals surface area (Å²) >= 11 is 0. The Morgan fingerprint density at radius 3 is 0.640 bits per heavy atom. The molecule has 0 amide bonds. The molecular weight excluding hydrogens is 609 g/mol. The van der Waals surface area contributed by atoms with E-state index < -0.39 is 0 Å². The molecule has 4 aromatic rings. The molecule has 4 rings (SSSR count). The van der Waals surface area contributed by atoms with Crippen molar-refractivity contribution in [1.82, 2.24) is 0 Å². The molecule has 0 aromatic carbocycles. The van der Waals surface area contributed by atoms with Crippen molar-refractivity contribution in [1.29, 1.82) is 0 Å². The summed E-state index contributed by atoms with van der Waals surface area (Å²) in [5.74, 6) is 0. The normalized spacial score (nSPS) is 11.3. The molecule has 0 spiro atoms. The van der Waals surface area contributed by atoms with E-state index in [1.807, 2.05) is 0 Å². The molecule has 4 heteroatoms. The van der Waals surface area contributed by atoms with Gasteiger partial charge in [0.1, 0.15) is 26.2 Å². The number of aromatic nitrogens is 4. The lowest BCUT2D eigenvalue weighted by Crippen LogP contribution is -2.33. The van der Waals surface area contributed by atoms with Crippen molar-refractivity contribution < 1.29 is 18.3 Å². The molecule has 4 aromatic heterocycles. The van der Waals surface area contributed by atoms with Crippen molar-refractivity contribution in [3.63, 3.8) is 0 Å². The first-order valence-corrected chi connectivity index (χ1v) is 20.7. The molecule has 0 bridgehead atoms. The van der Waals surface area contributed by atoms with Crippen LogP contribution in [0.5, 0.6) is 0 Å². The number of unbranched alkanes of at least 4 members (excludes halogenated alkanes) is 17. The van der Waals surface area contributed by atoms with Gasteiger partial charge in [-0.3, -0.25) is 0 Å². The van der Waals surface area contributed by atoms with Gasteiger partial charge in [-0.2, -0.15) is 0 Å². The fourth-order valence-corrected chi connectivity index (χ4v) is 6.99. The summed E-state index contributed by atoms with van der Waals surface area (Å²) in [4.78, 5) is 0. The topological polar surface area (TPSA) is 15.5 Å². The highest BCUT2D eigenvalue weighted by molar-refractivity contribution is 5.61. The first-order chi connectivity index (χ1) is 24.7. The molecule has 0 atom stereocenters. The number of rotatable bonds is 27. The second-order valence-electron chi connectivity index (χ2n) is 14.7. The van der Waals surface area contributed by atoms with Gasteiger partial charge in [0.15, 0.2) is 49.6 Å². The fraction of sp³-hybridized carbons (Fsp3) is 0.565. The summed E-state index contributed by atoms with van der Waals surface area (Å²) in [5, 5.41) is 0. The third-order valence-corrected chi connectivity index (χ3v) is 10.4. The van der Waals surface area contributed by atoms with E-state index >= 15 is 0 Å². The van der Waals surface area contributed by atoms with Gasteiger partial charge >= 0.3 is 0 Å². The minimum Gasteiger partial charge on any atom is -0.205 e. The zero-order valence-electron chi connectivity index (χ0n) is 32.0. The van der Waals surface area contributed by atoms with Crippen LogP contribution in [0.25, 0.3) is 22.3 Å². The molecule has 0 saturated carbocycles. The number of aryl methyl sites for hydroxylation is 4. The van der Waals surface area contributed by atoms with Gasteiger partial charge in [0.05, 0.1) is 0 Å². The number of nitrogens with zero attached hydrogens (tertiary/aromatic N) is 4. The minimum atomic E-state index is 1.12. The van der Waals surface area contributed by atoms with Crippen LogP contribution in [-0.4, -0.2) is 0 Å². The molecule has 270 valence electrons.